The standard InChI is InChI=1S/C18H20N2O3/c1-12(2)17(22)14-8-4-5-9-15(14)19-16(21)11-20-10-6-7-13(3)18(20)23/h4-10,12H,11H2,1-3H3,(H,19,21). The number of anilines is 1. The van der Waals surface area contributed by atoms with Crippen LogP contribution in [0.1, 0.15) is 29.8 Å². The molecular weight excluding hydrogens is 292 g/mol. The van der Waals surface area contributed by atoms with Crippen LogP contribution in [0.4, 0.5) is 5.69 Å². The molecule has 1 amide bonds. The largest absolute Gasteiger partial charge is 0.324 e. The number of Topliss-reactive ketones (excluding diaryl/α,β-unsaturated/α-hetero) is 1. The molecule has 0 spiro atoms. The maximum absolute atomic E-state index is 12.2. The van der Waals surface area contributed by atoms with Gasteiger partial charge >= 0.3 is 0 Å². The average molecular weight is 312 g/mol. The van der Waals surface area contributed by atoms with Crippen LogP contribution in [0, 0.1) is 12.8 Å². The summed E-state index contributed by atoms with van der Waals surface area (Å²) in [5.74, 6) is -0.539. The summed E-state index contributed by atoms with van der Waals surface area (Å²) in [5, 5.41) is 2.72. The highest BCUT2D eigenvalue weighted by Gasteiger charge is 2.16. The van der Waals surface area contributed by atoms with Crippen LogP contribution in [0.15, 0.2) is 47.4 Å². The Hall–Kier alpha value is -2.69. The molecule has 0 aliphatic heterocycles. The Labute approximate surface area is 135 Å². The van der Waals surface area contributed by atoms with E-state index >= 15 is 0 Å². The molecule has 0 saturated heterocycles. The first-order chi connectivity index (χ1) is 10.9. The number of hydrogen-bond donors (Lipinski definition) is 1. The second-order valence-corrected chi connectivity index (χ2v) is 5.74. The van der Waals surface area contributed by atoms with Crippen molar-refractivity contribution >= 4 is 17.4 Å². The highest BCUT2D eigenvalue weighted by atomic mass is 16.2. The number of aryl methyl sites for hydroxylation is 1. The van der Waals surface area contributed by atoms with Crippen molar-refractivity contribution in [3.63, 3.8) is 0 Å². The molecule has 0 fully saturated rings. The quantitative estimate of drug-likeness (QED) is 0.863. The third-order valence-electron chi connectivity index (χ3n) is 3.52. The molecule has 120 valence electrons. The zero-order chi connectivity index (χ0) is 17.0. The fraction of sp³-hybridized carbons (Fsp3) is 0.278. The predicted molar refractivity (Wildman–Crippen MR) is 89.7 cm³/mol. The molecule has 5 nitrogen and oxygen atoms in total. The molecule has 2 rings (SSSR count). The third kappa shape index (κ3) is 3.94. The van der Waals surface area contributed by atoms with E-state index in [0.29, 0.717) is 16.8 Å². The first-order valence-electron chi connectivity index (χ1n) is 7.49. The van der Waals surface area contributed by atoms with Crippen LogP contribution in [0.3, 0.4) is 0 Å². The van der Waals surface area contributed by atoms with Crippen molar-refractivity contribution < 1.29 is 9.59 Å². The number of nitrogens with one attached hydrogen (secondary N) is 1. The molecule has 1 aromatic carbocycles. The van der Waals surface area contributed by atoms with Crippen molar-refractivity contribution in [1.29, 1.82) is 0 Å². The number of ketones is 1. The summed E-state index contributed by atoms with van der Waals surface area (Å²) in [6.45, 7) is 5.23. The Morgan fingerprint density at radius 2 is 1.83 bits per heavy atom. The second-order valence-electron chi connectivity index (χ2n) is 5.74. The predicted octanol–water partition coefficient (Wildman–Crippen LogP) is 2.63. The van der Waals surface area contributed by atoms with Gasteiger partial charge in [-0.3, -0.25) is 14.4 Å². The minimum atomic E-state index is -0.346. The van der Waals surface area contributed by atoms with Gasteiger partial charge in [-0.1, -0.05) is 32.0 Å². The van der Waals surface area contributed by atoms with Crippen molar-refractivity contribution in [2.45, 2.75) is 27.3 Å². The van der Waals surface area contributed by atoms with E-state index in [2.05, 4.69) is 5.32 Å². The zero-order valence-corrected chi connectivity index (χ0v) is 13.5. The summed E-state index contributed by atoms with van der Waals surface area (Å²) < 4.78 is 1.34. The molecular formula is C18H20N2O3. The van der Waals surface area contributed by atoms with Gasteiger partial charge in [-0.25, -0.2) is 0 Å². The molecule has 23 heavy (non-hydrogen) atoms. The number of amides is 1. The smallest absolute Gasteiger partial charge is 0.253 e. The molecule has 0 saturated carbocycles. The van der Waals surface area contributed by atoms with E-state index < -0.39 is 0 Å². The fourth-order valence-corrected chi connectivity index (χ4v) is 2.24. The van der Waals surface area contributed by atoms with Gasteiger partial charge in [-0.2, -0.15) is 0 Å². The van der Waals surface area contributed by atoms with Crippen LogP contribution in [0.2, 0.25) is 0 Å². The summed E-state index contributed by atoms with van der Waals surface area (Å²) in [4.78, 5) is 36.4. The molecule has 0 unspecified atom stereocenters. The monoisotopic (exact) mass is 312 g/mol. The fourth-order valence-electron chi connectivity index (χ4n) is 2.24. The topological polar surface area (TPSA) is 68.2 Å². The maximum atomic E-state index is 12.2. The van der Waals surface area contributed by atoms with Gasteiger partial charge in [0.15, 0.2) is 5.78 Å². The van der Waals surface area contributed by atoms with Crippen molar-refractivity contribution in [3.8, 4) is 0 Å². The lowest BCUT2D eigenvalue weighted by Crippen LogP contribution is -2.28. The van der Waals surface area contributed by atoms with E-state index in [4.69, 9.17) is 0 Å². The Bertz CT molecular complexity index is 791. The molecule has 1 heterocycles. The van der Waals surface area contributed by atoms with Crippen molar-refractivity contribution in [2.24, 2.45) is 5.92 Å². The first kappa shape index (κ1) is 16.7. The zero-order valence-electron chi connectivity index (χ0n) is 13.5. The molecule has 0 aliphatic carbocycles. The summed E-state index contributed by atoms with van der Waals surface area (Å²) in [7, 11) is 0. The Morgan fingerprint density at radius 1 is 1.13 bits per heavy atom. The Balaban J connectivity index is 2.20. The molecule has 0 bridgehead atoms. The lowest BCUT2D eigenvalue weighted by molar-refractivity contribution is -0.116. The van der Waals surface area contributed by atoms with Gasteiger partial charge in [-0.05, 0) is 25.1 Å². The summed E-state index contributed by atoms with van der Waals surface area (Å²) >= 11 is 0. The molecule has 5 heteroatoms. The number of pyridine rings is 1. The van der Waals surface area contributed by atoms with E-state index in [1.807, 2.05) is 13.8 Å². The number of hydrogen-bond acceptors (Lipinski definition) is 3. The van der Waals surface area contributed by atoms with Gasteiger partial charge in [0.05, 0.1) is 5.69 Å². The normalized spacial score (nSPS) is 10.6. The number of rotatable bonds is 5. The van der Waals surface area contributed by atoms with Gasteiger partial charge in [0.1, 0.15) is 6.54 Å². The Kier molecular flexibility index (Phi) is 5.11. The molecule has 1 aromatic heterocycles. The van der Waals surface area contributed by atoms with E-state index in [0.717, 1.165) is 0 Å². The molecule has 0 atom stereocenters. The van der Waals surface area contributed by atoms with Gasteiger partial charge in [0.2, 0.25) is 5.91 Å². The van der Waals surface area contributed by atoms with E-state index in [1.165, 1.54) is 4.57 Å². The van der Waals surface area contributed by atoms with Crippen LogP contribution in [0.25, 0.3) is 0 Å². The minimum absolute atomic E-state index is 0.0337. The SMILES string of the molecule is Cc1cccn(CC(=O)Nc2ccccc2C(=O)C(C)C)c1=O. The Morgan fingerprint density at radius 3 is 2.52 bits per heavy atom. The molecule has 1 N–H and O–H groups in total. The molecule has 2 aromatic rings. The van der Waals surface area contributed by atoms with Crippen LogP contribution < -0.4 is 10.9 Å². The number of aromatic nitrogens is 1. The van der Waals surface area contributed by atoms with Crippen molar-refractivity contribution in [1.82, 2.24) is 4.57 Å². The number of nitrogens with zero attached hydrogens (tertiary/aromatic N) is 1. The van der Waals surface area contributed by atoms with E-state index in [1.54, 1.807) is 49.5 Å². The highest BCUT2D eigenvalue weighted by Crippen LogP contribution is 2.19. The summed E-state index contributed by atoms with van der Waals surface area (Å²) in [5.41, 5.74) is 1.33. The first-order valence-corrected chi connectivity index (χ1v) is 7.49. The second kappa shape index (κ2) is 7.05. The van der Waals surface area contributed by atoms with E-state index in [-0.39, 0.29) is 29.7 Å². The van der Waals surface area contributed by atoms with E-state index in [9.17, 15) is 14.4 Å². The number of para-hydroxylation sites is 1. The summed E-state index contributed by atoms with van der Waals surface area (Å²) in [6.07, 6.45) is 1.57. The van der Waals surface area contributed by atoms with Gasteiger partial charge < -0.3 is 9.88 Å². The van der Waals surface area contributed by atoms with Crippen LogP contribution >= 0.6 is 0 Å². The number of carbonyl (C=O) groups is 2. The van der Waals surface area contributed by atoms with Crippen LogP contribution in [-0.4, -0.2) is 16.3 Å². The highest BCUT2D eigenvalue weighted by molar-refractivity contribution is 6.05. The van der Waals surface area contributed by atoms with Crippen molar-refractivity contribution in [2.75, 3.05) is 5.32 Å². The lowest BCUT2D eigenvalue weighted by Gasteiger charge is -2.12. The average Bonchev–Trinajstić information content (AvgIpc) is 2.51. The summed E-state index contributed by atoms with van der Waals surface area (Å²) in [6, 6.07) is 10.3. The maximum Gasteiger partial charge on any atom is 0.253 e. The van der Waals surface area contributed by atoms with Gasteiger partial charge in [-0.15, -0.1) is 0 Å². The van der Waals surface area contributed by atoms with Gasteiger partial charge in [0, 0.05) is 23.2 Å². The van der Waals surface area contributed by atoms with Crippen molar-refractivity contribution in [3.05, 3.63) is 64.1 Å². The number of benzene rings is 1. The number of carbonyl (C=O) groups excluding carboxylic acids is 2. The van der Waals surface area contributed by atoms with Crippen LogP contribution in [0.5, 0.6) is 0 Å². The minimum Gasteiger partial charge on any atom is -0.324 e. The molecule has 0 radical (unpaired) electrons. The van der Waals surface area contributed by atoms with Gasteiger partial charge in [0.25, 0.3) is 5.56 Å². The lowest BCUT2D eigenvalue weighted by atomic mass is 9.99. The third-order valence-corrected chi connectivity index (χ3v) is 3.52. The van der Waals surface area contributed by atoms with Crippen LogP contribution in [-0.2, 0) is 11.3 Å². The molecule has 0 aliphatic rings.